The average Bonchev–Trinajstić information content (AvgIpc) is 2.16. The summed E-state index contributed by atoms with van der Waals surface area (Å²) < 4.78 is 0. The van der Waals surface area contributed by atoms with Gasteiger partial charge in [0.25, 0.3) is 0 Å². The summed E-state index contributed by atoms with van der Waals surface area (Å²) in [6.07, 6.45) is -0.167. The van der Waals surface area contributed by atoms with Crippen molar-refractivity contribution in [2.75, 3.05) is 5.32 Å². The molecule has 0 bridgehead atoms. The van der Waals surface area contributed by atoms with E-state index < -0.39 is 18.0 Å². The van der Waals surface area contributed by atoms with E-state index in [9.17, 15) is 9.59 Å². The highest BCUT2D eigenvalue weighted by atomic mass is 16.4. The zero-order valence-electron chi connectivity index (χ0n) is 8.51. The Kier molecular flexibility index (Phi) is 3.84. The molecule has 0 radical (unpaired) electrons. The van der Waals surface area contributed by atoms with Gasteiger partial charge in [-0.3, -0.25) is 4.79 Å². The molecular formula is C10H13N3O3. The monoisotopic (exact) mass is 223 g/mol. The number of hydrogen-bond donors (Lipinski definition) is 4. The van der Waals surface area contributed by atoms with E-state index in [0.29, 0.717) is 11.3 Å². The zero-order chi connectivity index (χ0) is 12.1. The highest BCUT2D eigenvalue weighted by Gasteiger charge is 2.10. The fourth-order valence-corrected chi connectivity index (χ4v) is 1.30. The van der Waals surface area contributed by atoms with E-state index in [0.717, 1.165) is 0 Å². The van der Waals surface area contributed by atoms with Crippen LogP contribution in [0.3, 0.4) is 0 Å². The standard InChI is InChI=1S/C10H13N3O3/c11-8(5-9(14)15)6-2-1-3-7(4-6)13-10(12)16/h1-4,8H,5,11H2,(H,14,15)(H3,12,13,16). The number of nitrogens with two attached hydrogens (primary N) is 2. The van der Waals surface area contributed by atoms with Crippen molar-refractivity contribution >= 4 is 17.7 Å². The normalized spacial score (nSPS) is 11.8. The summed E-state index contributed by atoms with van der Waals surface area (Å²) in [4.78, 5) is 21.1. The fourth-order valence-electron chi connectivity index (χ4n) is 1.30. The van der Waals surface area contributed by atoms with E-state index >= 15 is 0 Å². The van der Waals surface area contributed by atoms with Gasteiger partial charge in [0, 0.05) is 11.7 Å². The molecule has 16 heavy (non-hydrogen) atoms. The third-order valence-electron chi connectivity index (χ3n) is 1.98. The van der Waals surface area contributed by atoms with Crippen molar-refractivity contribution in [3.8, 4) is 0 Å². The van der Waals surface area contributed by atoms with Crippen LogP contribution in [0.5, 0.6) is 0 Å². The second-order valence-electron chi connectivity index (χ2n) is 3.32. The lowest BCUT2D eigenvalue weighted by molar-refractivity contribution is -0.137. The number of carboxylic acids is 1. The van der Waals surface area contributed by atoms with Crippen LogP contribution >= 0.6 is 0 Å². The van der Waals surface area contributed by atoms with Crippen LogP contribution < -0.4 is 16.8 Å². The highest BCUT2D eigenvalue weighted by molar-refractivity contribution is 5.87. The van der Waals surface area contributed by atoms with Crippen LogP contribution in [-0.4, -0.2) is 17.1 Å². The summed E-state index contributed by atoms with van der Waals surface area (Å²) in [5, 5.41) is 11.0. The first kappa shape index (κ1) is 12.0. The van der Waals surface area contributed by atoms with Gasteiger partial charge >= 0.3 is 12.0 Å². The second-order valence-corrected chi connectivity index (χ2v) is 3.32. The Bertz CT molecular complexity index is 406. The maximum Gasteiger partial charge on any atom is 0.316 e. The Morgan fingerprint density at radius 2 is 2.12 bits per heavy atom. The molecule has 0 aliphatic rings. The van der Waals surface area contributed by atoms with E-state index in [2.05, 4.69) is 5.32 Å². The topological polar surface area (TPSA) is 118 Å². The molecule has 86 valence electrons. The molecular weight excluding hydrogens is 210 g/mol. The van der Waals surface area contributed by atoms with Crippen LogP contribution in [0.25, 0.3) is 0 Å². The first-order valence-corrected chi connectivity index (χ1v) is 4.63. The molecule has 0 fully saturated rings. The quantitative estimate of drug-likeness (QED) is 0.599. The van der Waals surface area contributed by atoms with Crippen molar-refractivity contribution in [2.45, 2.75) is 12.5 Å². The van der Waals surface area contributed by atoms with Crippen molar-refractivity contribution in [1.82, 2.24) is 0 Å². The average molecular weight is 223 g/mol. The number of urea groups is 1. The van der Waals surface area contributed by atoms with E-state index in [1.54, 1.807) is 24.3 Å². The number of aliphatic carboxylic acids is 1. The summed E-state index contributed by atoms with van der Waals surface area (Å²) in [7, 11) is 0. The number of hydrogen-bond acceptors (Lipinski definition) is 3. The molecule has 0 aliphatic carbocycles. The SMILES string of the molecule is NC(=O)Nc1cccc(C(N)CC(=O)O)c1. The number of nitrogens with one attached hydrogen (secondary N) is 1. The van der Waals surface area contributed by atoms with Gasteiger partial charge in [0.05, 0.1) is 6.42 Å². The summed E-state index contributed by atoms with van der Waals surface area (Å²) in [6.45, 7) is 0. The van der Waals surface area contributed by atoms with Gasteiger partial charge in [0.1, 0.15) is 0 Å². The summed E-state index contributed by atoms with van der Waals surface area (Å²) in [5.74, 6) is -0.972. The third kappa shape index (κ3) is 3.58. The Balaban J connectivity index is 2.80. The Hall–Kier alpha value is -2.08. The second kappa shape index (κ2) is 5.13. The maximum atomic E-state index is 10.6. The summed E-state index contributed by atoms with van der Waals surface area (Å²) in [6, 6.07) is 5.32. The van der Waals surface area contributed by atoms with Crippen LogP contribution in [-0.2, 0) is 4.79 Å². The van der Waals surface area contributed by atoms with Gasteiger partial charge in [-0.05, 0) is 17.7 Å². The van der Waals surface area contributed by atoms with Crippen LogP contribution in [0.4, 0.5) is 10.5 Å². The Labute approximate surface area is 92.2 Å². The number of amides is 2. The van der Waals surface area contributed by atoms with Crippen LogP contribution in [0.2, 0.25) is 0 Å². The Morgan fingerprint density at radius 3 is 2.69 bits per heavy atom. The van der Waals surface area contributed by atoms with Gasteiger partial charge in [-0.25, -0.2) is 4.79 Å². The van der Waals surface area contributed by atoms with Gasteiger partial charge in [-0.1, -0.05) is 12.1 Å². The van der Waals surface area contributed by atoms with E-state index in [1.807, 2.05) is 0 Å². The first-order chi connectivity index (χ1) is 7.49. The smallest absolute Gasteiger partial charge is 0.316 e. The molecule has 6 nitrogen and oxygen atoms in total. The lowest BCUT2D eigenvalue weighted by atomic mass is 10.0. The molecule has 6 N–H and O–H groups in total. The molecule has 1 rings (SSSR count). The lowest BCUT2D eigenvalue weighted by Gasteiger charge is -2.10. The fraction of sp³-hybridized carbons (Fsp3) is 0.200. The molecule has 0 aromatic heterocycles. The number of carbonyl (C=O) groups excluding carboxylic acids is 1. The molecule has 1 unspecified atom stereocenters. The lowest BCUT2D eigenvalue weighted by Crippen LogP contribution is -2.20. The molecule has 6 heteroatoms. The largest absolute Gasteiger partial charge is 0.481 e. The van der Waals surface area contributed by atoms with Crippen molar-refractivity contribution in [1.29, 1.82) is 0 Å². The van der Waals surface area contributed by atoms with Crippen molar-refractivity contribution in [3.63, 3.8) is 0 Å². The van der Waals surface area contributed by atoms with Crippen molar-refractivity contribution in [3.05, 3.63) is 29.8 Å². The molecule has 0 saturated carbocycles. The molecule has 0 saturated heterocycles. The number of rotatable bonds is 4. The third-order valence-corrected chi connectivity index (χ3v) is 1.98. The minimum atomic E-state index is -0.972. The summed E-state index contributed by atoms with van der Waals surface area (Å²) in [5.41, 5.74) is 11.8. The number of carbonyl (C=O) groups is 2. The number of anilines is 1. The van der Waals surface area contributed by atoms with Crippen LogP contribution in [0.1, 0.15) is 18.0 Å². The van der Waals surface area contributed by atoms with E-state index in [4.69, 9.17) is 16.6 Å². The van der Waals surface area contributed by atoms with Gasteiger partial charge < -0.3 is 21.9 Å². The van der Waals surface area contributed by atoms with Crippen LogP contribution in [0.15, 0.2) is 24.3 Å². The minimum absolute atomic E-state index is 0.167. The molecule has 0 aliphatic heterocycles. The Morgan fingerprint density at radius 1 is 1.44 bits per heavy atom. The van der Waals surface area contributed by atoms with Gasteiger partial charge in [-0.2, -0.15) is 0 Å². The molecule has 0 spiro atoms. The van der Waals surface area contributed by atoms with E-state index in [1.165, 1.54) is 0 Å². The number of primary amides is 1. The van der Waals surface area contributed by atoms with Crippen LogP contribution in [0, 0.1) is 0 Å². The molecule has 1 aromatic carbocycles. The first-order valence-electron chi connectivity index (χ1n) is 4.63. The van der Waals surface area contributed by atoms with Gasteiger partial charge in [0.2, 0.25) is 0 Å². The zero-order valence-corrected chi connectivity index (χ0v) is 8.51. The van der Waals surface area contributed by atoms with Crippen molar-refractivity contribution in [2.24, 2.45) is 11.5 Å². The van der Waals surface area contributed by atoms with Gasteiger partial charge in [-0.15, -0.1) is 0 Å². The summed E-state index contributed by atoms with van der Waals surface area (Å²) >= 11 is 0. The minimum Gasteiger partial charge on any atom is -0.481 e. The van der Waals surface area contributed by atoms with Crippen molar-refractivity contribution < 1.29 is 14.7 Å². The predicted octanol–water partition coefficient (Wildman–Crippen LogP) is 0.652. The number of carboxylic acid groups (broad SMARTS) is 1. The molecule has 0 heterocycles. The number of benzene rings is 1. The molecule has 1 aromatic rings. The molecule has 2 amide bonds. The van der Waals surface area contributed by atoms with Gasteiger partial charge in [0.15, 0.2) is 0 Å². The van der Waals surface area contributed by atoms with E-state index in [-0.39, 0.29) is 6.42 Å². The predicted molar refractivity (Wildman–Crippen MR) is 58.8 cm³/mol. The maximum absolute atomic E-state index is 10.6. The molecule has 1 atom stereocenters. The highest BCUT2D eigenvalue weighted by Crippen LogP contribution is 2.18.